The summed E-state index contributed by atoms with van der Waals surface area (Å²) in [6.45, 7) is 0. The Bertz CT molecular complexity index is 1020. The van der Waals surface area contributed by atoms with E-state index >= 15 is 0 Å². The van der Waals surface area contributed by atoms with Gasteiger partial charge >= 0.3 is 26.2 Å². The van der Waals surface area contributed by atoms with Gasteiger partial charge in [0.05, 0.1) is 0 Å². The van der Waals surface area contributed by atoms with Crippen LogP contribution in [0.4, 0.5) is 0 Å². The molecule has 0 spiro atoms. The van der Waals surface area contributed by atoms with Crippen LogP contribution in [0, 0.1) is 0 Å². The number of aryl methyl sites for hydroxylation is 2. The molecule has 127 valence electrons. The first-order chi connectivity index (χ1) is 11.4. The minimum atomic E-state index is 0. The van der Waals surface area contributed by atoms with Crippen LogP contribution in [-0.2, 0) is 39.0 Å². The monoisotopic (exact) mass is 453 g/mol. The zero-order chi connectivity index (χ0) is 15.2. The molecule has 26 heavy (non-hydrogen) atoms. The molecule has 0 fully saturated rings. The van der Waals surface area contributed by atoms with Crippen LogP contribution in [0.2, 0.25) is 0 Å². The van der Waals surface area contributed by atoms with Gasteiger partial charge in [-0.1, -0.05) is 72.3 Å². The second-order valence-electron chi connectivity index (χ2n) is 6.37. The number of fused-ring (bicyclic) bond motifs is 5. The molecule has 0 heterocycles. The zero-order valence-corrected chi connectivity index (χ0v) is 18.1. The smallest absolute Gasteiger partial charge is 1.00 e. The Morgan fingerprint density at radius 3 is 2.27 bits per heavy atom. The minimum Gasteiger partial charge on any atom is -1.00 e. The number of hydrogen-bond acceptors (Lipinski definition) is 0. The van der Waals surface area contributed by atoms with Gasteiger partial charge in [-0.25, -0.2) is 0 Å². The van der Waals surface area contributed by atoms with E-state index < -0.39 is 0 Å². The van der Waals surface area contributed by atoms with E-state index in [1.165, 1.54) is 44.2 Å². The van der Waals surface area contributed by atoms with Gasteiger partial charge in [-0.15, -0.1) is 28.3 Å². The van der Waals surface area contributed by atoms with E-state index in [4.69, 9.17) is 0 Å². The quantitative estimate of drug-likeness (QED) is 0.355. The maximum atomic E-state index is 2.38. The minimum absolute atomic E-state index is 0. The van der Waals surface area contributed by atoms with Crippen LogP contribution in [0.3, 0.4) is 0 Å². The third-order valence-electron chi connectivity index (χ3n) is 5.03. The van der Waals surface area contributed by atoms with Crippen molar-refractivity contribution in [3.05, 3.63) is 90.0 Å². The fraction of sp³-hybridized carbons (Fsp3) is 0.0870. The van der Waals surface area contributed by atoms with Crippen LogP contribution in [0.15, 0.2) is 78.9 Å². The van der Waals surface area contributed by atoms with Gasteiger partial charge in [0.2, 0.25) is 0 Å². The van der Waals surface area contributed by atoms with Gasteiger partial charge in [-0.3, -0.25) is 0 Å². The Balaban J connectivity index is 0.000000810. The molecule has 4 aromatic rings. The summed E-state index contributed by atoms with van der Waals surface area (Å²) in [5.74, 6) is 0. The first kappa shape index (κ1) is 21.0. The van der Waals surface area contributed by atoms with Gasteiger partial charge in [0, 0.05) is 0 Å². The van der Waals surface area contributed by atoms with Gasteiger partial charge < -0.3 is 24.8 Å². The zero-order valence-electron chi connectivity index (χ0n) is 14.2. The molecule has 1 radical (unpaired) electrons. The third kappa shape index (κ3) is 3.46. The average molecular weight is 456 g/mol. The molecule has 1 aliphatic rings. The SMILES string of the molecule is [Cl-].[Cl-].[Zr+3].c1ccc(-c2cc3c([cH-]2)CCc2ccc4ccccc4c2-3)cc1. The van der Waals surface area contributed by atoms with E-state index in [9.17, 15) is 0 Å². The third-order valence-corrected chi connectivity index (χ3v) is 5.03. The maximum absolute atomic E-state index is 2.38. The molecule has 4 aromatic carbocycles. The van der Waals surface area contributed by atoms with Gasteiger partial charge in [0.1, 0.15) is 0 Å². The topological polar surface area (TPSA) is 0 Å². The van der Waals surface area contributed by atoms with Crippen molar-refractivity contribution in [2.75, 3.05) is 0 Å². The van der Waals surface area contributed by atoms with Crippen molar-refractivity contribution in [2.24, 2.45) is 0 Å². The van der Waals surface area contributed by atoms with E-state index in [-0.39, 0.29) is 51.0 Å². The first-order valence-corrected chi connectivity index (χ1v) is 8.26. The molecule has 5 rings (SSSR count). The summed E-state index contributed by atoms with van der Waals surface area (Å²) < 4.78 is 0. The number of halogens is 2. The van der Waals surface area contributed by atoms with Crippen LogP contribution < -0.4 is 24.8 Å². The summed E-state index contributed by atoms with van der Waals surface area (Å²) in [7, 11) is 0. The molecule has 3 heteroatoms. The van der Waals surface area contributed by atoms with E-state index in [0.29, 0.717) is 0 Å². The second-order valence-corrected chi connectivity index (χ2v) is 6.37. The predicted octanol–water partition coefficient (Wildman–Crippen LogP) is -0.00320. The molecular weight excluding hydrogens is 438 g/mol. The normalized spacial score (nSPS) is 11.4. The molecule has 0 aromatic heterocycles. The molecule has 0 nitrogen and oxygen atoms in total. The van der Waals surface area contributed by atoms with E-state index in [2.05, 4.69) is 78.9 Å². The fourth-order valence-electron chi connectivity index (χ4n) is 3.90. The summed E-state index contributed by atoms with van der Waals surface area (Å²) in [5, 5.41) is 2.72. The van der Waals surface area contributed by atoms with Crippen LogP contribution in [0.1, 0.15) is 11.1 Å². The predicted molar refractivity (Wildman–Crippen MR) is 97.8 cm³/mol. The molecule has 0 saturated heterocycles. The second kappa shape index (κ2) is 8.61. The molecular formula is C23H17Cl2Zr. The van der Waals surface area contributed by atoms with E-state index in [1.54, 1.807) is 0 Å². The Morgan fingerprint density at radius 2 is 1.46 bits per heavy atom. The van der Waals surface area contributed by atoms with Gasteiger partial charge in [-0.05, 0) is 29.2 Å². The molecule has 0 unspecified atom stereocenters. The number of hydrogen-bond donors (Lipinski definition) is 0. The van der Waals surface area contributed by atoms with Gasteiger partial charge in [-0.2, -0.15) is 6.07 Å². The van der Waals surface area contributed by atoms with Crippen LogP contribution in [-0.4, -0.2) is 0 Å². The number of rotatable bonds is 1. The fourth-order valence-corrected chi connectivity index (χ4v) is 3.90. The van der Waals surface area contributed by atoms with Crippen molar-refractivity contribution in [1.29, 1.82) is 0 Å². The number of benzene rings is 3. The molecule has 0 aliphatic heterocycles. The van der Waals surface area contributed by atoms with E-state index in [1.807, 2.05) is 0 Å². The molecule has 0 N–H and O–H groups in total. The van der Waals surface area contributed by atoms with Crippen molar-refractivity contribution < 1.29 is 51.0 Å². The van der Waals surface area contributed by atoms with Crippen molar-refractivity contribution in [2.45, 2.75) is 12.8 Å². The van der Waals surface area contributed by atoms with Crippen molar-refractivity contribution in [1.82, 2.24) is 0 Å². The van der Waals surface area contributed by atoms with Crippen LogP contribution >= 0.6 is 0 Å². The summed E-state index contributed by atoms with van der Waals surface area (Å²) in [5.41, 5.74) is 8.52. The molecule has 0 saturated carbocycles. The first-order valence-electron chi connectivity index (χ1n) is 8.26. The van der Waals surface area contributed by atoms with Crippen molar-refractivity contribution >= 4 is 10.8 Å². The Morgan fingerprint density at radius 1 is 0.731 bits per heavy atom. The summed E-state index contributed by atoms with van der Waals surface area (Å²) >= 11 is 0. The average Bonchev–Trinajstić information content (AvgIpc) is 3.06. The van der Waals surface area contributed by atoms with Gasteiger partial charge in [0.15, 0.2) is 0 Å². The summed E-state index contributed by atoms with van der Waals surface area (Å²) in [6.07, 6.45) is 2.29. The maximum Gasteiger partial charge on any atom is 3.00 e. The molecule has 0 atom stereocenters. The van der Waals surface area contributed by atoms with Crippen LogP contribution in [0.25, 0.3) is 33.0 Å². The largest absolute Gasteiger partial charge is 3.00 e. The molecule has 0 amide bonds. The Hall–Kier alpha value is -1.27. The van der Waals surface area contributed by atoms with Crippen molar-refractivity contribution in [3.63, 3.8) is 0 Å². The van der Waals surface area contributed by atoms with E-state index in [0.717, 1.165) is 12.8 Å². The van der Waals surface area contributed by atoms with Crippen molar-refractivity contribution in [3.8, 4) is 22.3 Å². The summed E-state index contributed by atoms with van der Waals surface area (Å²) in [6, 6.07) is 28.8. The van der Waals surface area contributed by atoms with Crippen LogP contribution in [0.5, 0.6) is 0 Å². The molecule has 1 aliphatic carbocycles. The Kier molecular flexibility index (Phi) is 6.97. The molecule has 0 bridgehead atoms. The Labute approximate surface area is 185 Å². The summed E-state index contributed by atoms with van der Waals surface area (Å²) in [4.78, 5) is 0. The van der Waals surface area contributed by atoms with Gasteiger partial charge in [0.25, 0.3) is 0 Å². The standard InChI is InChI=1S/C23H17.2ClH.Zr/c1-2-6-16(7-3-1)20-14-19-13-12-18-11-10-17-8-4-5-9-21(17)23(18)22(19)15-20;;;/h1-11,14-15H,12-13H2;2*1H;/q-1;;;+3/p-2.